The van der Waals surface area contributed by atoms with E-state index in [1.54, 1.807) is 0 Å². The number of phosphoric acid groups is 1. The number of unbranched alkanes of at least 4 members (excludes halogenated alkanes) is 9. The number of carbonyl (C=O) groups is 2. The summed E-state index contributed by atoms with van der Waals surface area (Å²) in [6.45, 7) is 3.46. The van der Waals surface area contributed by atoms with Gasteiger partial charge >= 0.3 is 19.8 Å². The van der Waals surface area contributed by atoms with E-state index in [1.165, 1.54) is 25.7 Å². The van der Waals surface area contributed by atoms with Crippen molar-refractivity contribution in [1.82, 2.24) is 0 Å². The molecule has 0 saturated heterocycles. The molecule has 0 aromatic carbocycles. The van der Waals surface area contributed by atoms with Crippen LogP contribution in [0.4, 0.5) is 0 Å². The molecule has 312 valence electrons. The summed E-state index contributed by atoms with van der Waals surface area (Å²) in [6, 6.07) is 0. The maximum atomic E-state index is 12.5. The van der Waals surface area contributed by atoms with Gasteiger partial charge in [-0.3, -0.25) is 18.6 Å². The average molecular weight is 788 g/mol. The molecule has 0 aromatic heterocycles. The van der Waals surface area contributed by atoms with Crippen LogP contribution in [-0.4, -0.2) is 49.3 Å². The van der Waals surface area contributed by atoms with E-state index in [0.717, 1.165) is 77.0 Å². The van der Waals surface area contributed by atoms with Crippen LogP contribution in [0.3, 0.4) is 0 Å². The van der Waals surface area contributed by atoms with Crippen LogP contribution in [0.15, 0.2) is 97.2 Å². The predicted molar refractivity (Wildman–Crippen MR) is 228 cm³/mol. The molecule has 0 aliphatic rings. The SMILES string of the molecule is CC/C=C/C/C=C/C/C=C/C/C=C/C/C=C/C/C=C/CCC(=O)O[C@H](COC(=O)CCCCCCC/C=C/C=C/CCCCCC)COP(=O)(O)OCCN. The van der Waals surface area contributed by atoms with E-state index in [9.17, 15) is 19.0 Å². The number of rotatable bonds is 37. The second-order valence-corrected chi connectivity index (χ2v) is 14.6. The van der Waals surface area contributed by atoms with E-state index < -0.39 is 32.5 Å². The normalized spacial score (nSPS) is 14.3. The molecule has 0 heterocycles. The fourth-order valence-corrected chi connectivity index (χ4v) is 5.71. The maximum absolute atomic E-state index is 12.5. The Morgan fingerprint density at radius 1 is 0.582 bits per heavy atom. The van der Waals surface area contributed by atoms with Crippen LogP contribution < -0.4 is 5.73 Å². The standard InChI is InChI=1S/C45H74NO8P/c1-3-5-7-9-11-13-15-17-19-20-21-22-24-26-28-30-32-34-36-38-45(48)54-43(42-53-55(49,50)52-40-39-46)41-51-44(47)37-35-33-31-29-27-25-23-18-16-14-12-10-8-6-4-2/h5,7,11,13-14,16-19,21-23,26,28,32,34,43H,3-4,6,8-10,12,15,20,24-25,27,29-31,33,35-42,46H2,1-2H3,(H,49,50)/b7-5+,13-11+,16-14+,19-17+,22-21+,23-18+,28-26+,34-32+/t43-/m1/s1. The van der Waals surface area contributed by atoms with Crippen molar-refractivity contribution in [3.63, 3.8) is 0 Å². The molecule has 0 bridgehead atoms. The van der Waals surface area contributed by atoms with Gasteiger partial charge in [-0.15, -0.1) is 0 Å². The maximum Gasteiger partial charge on any atom is 0.472 e. The van der Waals surface area contributed by atoms with Crippen molar-refractivity contribution in [2.75, 3.05) is 26.4 Å². The monoisotopic (exact) mass is 788 g/mol. The van der Waals surface area contributed by atoms with Gasteiger partial charge in [-0.25, -0.2) is 4.57 Å². The van der Waals surface area contributed by atoms with E-state index >= 15 is 0 Å². The minimum atomic E-state index is -4.41. The molecule has 1 unspecified atom stereocenters. The van der Waals surface area contributed by atoms with Gasteiger partial charge in [-0.1, -0.05) is 150 Å². The molecule has 2 atom stereocenters. The first-order chi connectivity index (χ1) is 26.8. The second kappa shape index (κ2) is 40.6. The van der Waals surface area contributed by atoms with Crippen molar-refractivity contribution < 1.29 is 37.6 Å². The van der Waals surface area contributed by atoms with Crippen molar-refractivity contribution in [2.45, 2.75) is 148 Å². The number of carbonyl (C=O) groups excluding carboxylic acids is 2. The van der Waals surface area contributed by atoms with Crippen LogP contribution in [0.5, 0.6) is 0 Å². The molecule has 3 N–H and O–H groups in total. The summed E-state index contributed by atoms with van der Waals surface area (Å²) in [7, 11) is -4.41. The van der Waals surface area contributed by atoms with Crippen LogP contribution in [0.2, 0.25) is 0 Å². The summed E-state index contributed by atoms with van der Waals surface area (Å²) in [6.07, 6.45) is 51.6. The summed E-state index contributed by atoms with van der Waals surface area (Å²) in [5, 5.41) is 0. The Morgan fingerprint density at radius 2 is 1.09 bits per heavy atom. The number of hydrogen-bond donors (Lipinski definition) is 2. The van der Waals surface area contributed by atoms with E-state index in [2.05, 4.69) is 98.9 Å². The van der Waals surface area contributed by atoms with Crippen molar-refractivity contribution >= 4 is 19.8 Å². The highest BCUT2D eigenvalue weighted by molar-refractivity contribution is 7.47. The smallest absolute Gasteiger partial charge is 0.462 e. The van der Waals surface area contributed by atoms with Gasteiger partial charge in [-0.05, 0) is 77.0 Å². The van der Waals surface area contributed by atoms with E-state index in [4.69, 9.17) is 24.3 Å². The van der Waals surface area contributed by atoms with E-state index in [1.807, 2.05) is 12.2 Å². The predicted octanol–water partition coefficient (Wildman–Crippen LogP) is 11.8. The van der Waals surface area contributed by atoms with Gasteiger partial charge in [0.05, 0.1) is 13.2 Å². The molecule has 0 amide bonds. The quantitative estimate of drug-likeness (QED) is 0.0207. The Hall–Kier alpha value is -3.07. The van der Waals surface area contributed by atoms with Gasteiger partial charge in [0, 0.05) is 19.4 Å². The summed E-state index contributed by atoms with van der Waals surface area (Å²) in [4.78, 5) is 34.8. The van der Waals surface area contributed by atoms with Gasteiger partial charge in [-0.2, -0.15) is 0 Å². The number of allylic oxidation sites excluding steroid dienone is 16. The lowest BCUT2D eigenvalue weighted by Crippen LogP contribution is -2.29. The highest BCUT2D eigenvalue weighted by atomic mass is 31.2. The number of ether oxygens (including phenoxy) is 2. The van der Waals surface area contributed by atoms with Crippen molar-refractivity contribution in [3.8, 4) is 0 Å². The molecule has 0 radical (unpaired) electrons. The molecule has 0 aromatic rings. The first kappa shape index (κ1) is 51.9. The summed E-state index contributed by atoms with van der Waals surface area (Å²) >= 11 is 0. The molecule has 0 aliphatic carbocycles. The lowest BCUT2D eigenvalue weighted by atomic mass is 10.1. The molecule has 0 fully saturated rings. The largest absolute Gasteiger partial charge is 0.472 e. The Kier molecular flexibility index (Phi) is 38.3. The van der Waals surface area contributed by atoms with Gasteiger partial charge in [0.25, 0.3) is 0 Å². The minimum absolute atomic E-state index is 0.0342. The van der Waals surface area contributed by atoms with E-state index in [-0.39, 0.29) is 32.6 Å². The first-order valence-electron chi connectivity index (χ1n) is 20.7. The molecule has 10 heteroatoms. The molecule has 0 spiro atoms. The van der Waals surface area contributed by atoms with Crippen molar-refractivity contribution in [2.24, 2.45) is 5.73 Å². The van der Waals surface area contributed by atoms with Crippen LogP contribution in [0.1, 0.15) is 142 Å². The Bertz CT molecular complexity index is 1220. The van der Waals surface area contributed by atoms with Gasteiger partial charge in [0.1, 0.15) is 6.61 Å². The molecule has 9 nitrogen and oxygen atoms in total. The number of phosphoric ester groups is 1. The number of nitrogens with two attached hydrogens (primary N) is 1. The number of esters is 2. The lowest BCUT2D eigenvalue weighted by molar-refractivity contribution is -0.161. The zero-order valence-electron chi connectivity index (χ0n) is 34.1. The zero-order valence-corrected chi connectivity index (χ0v) is 35.0. The Morgan fingerprint density at radius 3 is 1.64 bits per heavy atom. The van der Waals surface area contributed by atoms with Crippen LogP contribution in [0, 0.1) is 0 Å². The van der Waals surface area contributed by atoms with Crippen molar-refractivity contribution in [3.05, 3.63) is 97.2 Å². The molecule has 0 saturated carbocycles. The average Bonchev–Trinajstić information content (AvgIpc) is 3.17. The molecular formula is C45H74NO8P. The van der Waals surface area contributed by atoms with Gasteiger partial charge in [0.2, 0.25) is 0 Å². The fourth-order valence-electron chi connectivity index (χ4n) is 4.94. The summed E-state index contributed by atoms with van der Waals surface area (Å²) < 4.78 is 32.6. The topological polar surface area (TPSA) is 134 Å². The number of hydrogen-bond acceptors (Lipinski definition) is 8. The third-order valence-electron chi connectivity index (χ3n) is 8.00. The first-order valence-corrected chi connectivity index (χ1v) is 22.2. The Balaban J connectivity index is 4.37. The third kappa shape index (κ3) is 40.4. The highest BCUT2D eigenvalue weighted by Gasteiger charge is 2.25. The molecule has 0 aliphatic heterocycles. The zero-order chi connectivity index (χ0) is 40.3. The Labute approximate surface area is 334 Å². The molecular weight excluding hydrogens is 713 g/mol. The van der Waals surface area contributed by atoms with Crippen LogP contribution in [-0.2, 0) is 32.7 Å². The van der Waals surface area contributed by atoms with Gasteiger partial charge < -0.3 is 20.1 Å². The van der Waals surface area contributed by atoms with E-state index in [0.29, 0.717) is 12.8 Å². The third-order valence-corrected chi connectivity index (χ3v) is 8.98. The second-order valence-electron chi connectivity index (χ2n) is 13.1. The van der Waals surface area contributed by atoms with Crippen LogP contribution in [0.25, 0.3) is 0 Å². The van der Waals surface area contributed by atoms with Gasteiger partial charge in [0.15, 0.2) is 6.10 Å². The lowest BCUT2D eigenvalue weighted by Gasteiger charge is -2.19. The highest BCUT2D eigenvalue weighted by Crippen LogP contribution is 2.43. The molecule has 0 rings (SSSR count). The molecule has 55 heavy (non-hydrogen) atoms. The summed E-state index contributed by atoms with van der Waals surface area (Å²) in [5.74, 6) is -0.955. The summed E-state index contributed by atoms with van der Waals surface area (Å²) in [5.41, 5.74) is 5.33. The van der Waals surface area contributed by atoms with Crippen LogP contribution >= 0.6 is 7.82 Å². The fraction of sp³-hybridized carbons (Fsp3) is 0.600. The van der Waals surface area contributed by atoms with Crippen molar-refractivity contribution in [1.29, 1.82) is 0 Å². The minimum Gasteiger partial charge on any atom is -0.462 e.